The largest absolute Gasteiger partial charge is 0.379 e. The molecular weight excluding hydrogens is 464 g/mol. The predicted molar refractivity (Wildman–Crippen MR) is 137 cm³/mol. The van der Waals surface area contributed by atoms with E-state index in [0.717, 1.165) is 28.6 Å². The Hall–Kier alpha value is -3.32. The molecule has 0 spiro atoms. The van der Waals surface area contributed by atoms with E-state index < -0.39 is 11.6 Å². The second kappa shape index (κ2) is 9.74. The highest BCUT2D eigenvalue weighted by Gasteiger charge is 2.27. The first-order valence-electron chi connectivity index (χ1n) is 11.8. The molecule has 0 saturated carbocycles. The molecular formula is C28H27F2N3OS. The zero-order valence-electron chi connectivity index (χ0n) is 19.8. The van der Waals surface area contributed by atoms with Gasteiger partial charge in [-0.05, 0) is 54.7 Å². The summed E-state index contributed by atoms with van der Waals surface area (Å²) in [6.07, 6.45) is 3.42. The Labute approximate surface area is 207 Å². The molecule has 7 heteroatoms. The lowest BCUT2D eigenvalue weighted by atomic mass is 9.89. The number of anilines is 1. The number of aromatic nitrogens is 1. The normalized spacial score (nSPS) is 14.5. The van der Waals surface area contributed by atoms with Crippen molar-refractivity contribution in [1.82, 2.24) is 9.88 Å². The van der Waals surface area contributed by atoms with E-state index in [1.165, 1.54) is 23.8 Å². The van der Waals surface area contributed by atoms with Crippen LogP contribution in [0.25, 0.3) is 10.2 Å². The third-order valence-corrected chi connectivity index (χ3v) is 7.96. The molecule has 4 nitrogen and oxygen atoms in total. The smallest absolute Gasteiger partial charge is 0.257 e. The minimum atomic E-state index is -0.860. The third-order valence-electron chi connectivity index (χ3n) is 6.86. The fraction of sp³-hybridized carbons (Fsp3) is 0.286. The summed E-state index contributed by atoms with van der Waals surface area (Å²) < 4.78 is 29.5. The summed E-state index contributed by atoms with van der Waals surface area (Å²) in [5, 5.41) is 5.24. The first kappa shape index (κ1) is 23.4. The van der Waals surface area contributed by atoms with E-state index in [0.29, 0.717) is 30.3 Å². The van der Waals surface area contributed by atoms with Crippen molar-refractivity contribution in [3.05, 3.63) is 93.5 Å². The lowest BCUT2D eigenvalue weighted by Gasteiger charge is -2.32. The van der Waals surface area contributed by atoms with Gasteiger partial charge in [-0.25, -0.2) is 8.78 Å². The van der Waals surface area contributed by atoms with Gasteiger partial charge in [0.15, 0.2) is 11.6 Å². The number of rotatable bonds is 5. The van der Waals surface area contributed by atoms with Crippen LogP contribution in [-0.2, 0) is 6.54 Å². The number of nitrogens with one attached hydrogen (secondary N) is 1. The number of benzene rings is 2. The molecule has 0 unspecified atom stereocenters. The Morgan fingerprint density at radius 2 is 1.80 bits per heavy atom. The molecule has 1 N–H and O–H groups in total. The maximum absolute atomic E-state index is 14.5. The number of pyridine rings is 1. The van der Waals surface area contributed by atoms with Gasteiger partial charge < -0.3 is 10.2 Å². The number of halogens is 2. The van der Waals surface area contributed by atoms with Gasteiger partial charge in [0, 0.05) is 31.4 Å². The number of carbonyl (C=O) groups excluding carboxylic acids is 1. The van der Waals surface area contributed by atoms with Crippen LogP contribution in [0.3, 0.4) is 0 Å². The van der Waals surface area contributed by atoms with Crippen LogP contribution >= 0.6 is 11.3 Å². The fourth-order valence-electron chi connectivity index (χ4n) is 4.75. The van der Waals surface area contributed by atoms with Crippen molar-refractivity contribution in [3.63, 3.8) is 0 Å². The number of aryl methyl sites for hydroxylation is 2. The van der Waals surface area contributed by atoms with Crippen LogP contribution in [0.1, 0.15) is 51.4 Å². The number of nitrogens with zero attached hydrogens (tertiary/aromatic N) is 2. The van der Waals surface area contributed by atoms with E-state index in [4.69, 9.17) is 0 Å². The van der Waals surface area contributed by atoms with Gasteiger partial charge in [0.1, 0.15) is 0 Å². The van der Waals surface area contributed by atoms with E-state index >= 15 is 0 Å². The highest BCUT2D eigenvalue weighted by molar-refractivity contribution is 7.18. The zero-order valence-corrected chi connectivity index (χ0v) is 20.6. The van der Waals surface area contributed by atoms with Gasteiger partial charge in [0.05, 0.1) is 21.5 Å². The van der Waals surface area contributed by atoms with Crippen LogP contribution < -0.4 is 5.32 Å². The third kappa shape index (κ3) is 4.52. The first-order valence-corrected chi connectivity index (χ1v) is 12.7. The molecule has 1 aliphatic rings. The van der Waals surface area contributed by atoms with Crippen molar-refractivity contribution in [2.75, 3.05) is 18.4 Å². The molecule has 1 saturated heterocycles. The number of hydrogen-bond acceptors (Lipinski definition) is 4. The Balaban J connectivity index is 1.40. The average molecular weight is 492 g/mol. The molecule has 180 valence electrons. The molecule has 2 aromatic carbocycles. The van der Waals surface area contributed by atoms with Crippen LogP contribution in [0.4, 0.5) is 14.5 Å². The van der Waals surface area contributed by atoms with E-state index in [2.05, 4.69) is 34.6 Å². The maximum atomic E-state index is 14.5. The fourth-order valence-corrected chi connectivity index (χ4v) is 5.78. The second-order valence-electron chi connectivity index (χ2n) is 9.14. The van der Waals surface area contributed by atoms with E-state index in [9.17, 15) is 13.6 Å². The molecule has 2 aromatic heterocycles. The van der Waals surface area contributed by atoms with E-state index in [1.807, 2.05) is 23.3 Å². The summed E-state index contributed by atoms with van der Waals surface area (Å²) >= 11 is 1.50. The van der Waals surface area contributed by atoms with Crippen LogP contribution in [0, 0.1) is 25.5 Å². The van der Waals surface area contributed by atoms with Gasteiger partial charge in [-0.15, -0.1) is 11.3 Å². The highest BCUT2D eigenvalue weighted by Crippen LogP contribution is 2.35. The quantitative estimate of drug-likeness (QED) is 0.333. The number of fused-ring (bicyclic) bond motifs is 1. The number of hydrogen-bond donors (Lipinski definition) is 1. The van der Waals surface area contributed by atoms with Crippen LogP contribution in [-0.4, -0.2) is 28.9 Å². The molecule has 4 aromatic rings. The lowest BCUT2D eigenvalue weighted by molar-refractivity contribution is 0.0713. The molecule has 1 fully saturated rings. The van der Waals surface area contributed by atoms with Crippen molar-refractivity contribution in [1.29, 1.82) is 0 Å². The zero-order chi connectivity index (χ0) is 24.5. The molecule has 35 heavy (non-hydrogen) atoms. The summed E-state index contributed by atoms with van der Waals surface area (Å²) in [6, 6.07) is 13.6. The van der Waals surface area contributed by atoms with Gasteiger partial charge in [0.25, 0.3) is 5.91 Å². The molecule has 0 atom stereocenters. The van der Waals surface area contributed by atoms with Crippen molar-refractivity contribution in [3.8, 4) is 0 Å². The first-order chi connectivity index (χ1) is 16.9. The van der Waals surface area contributed by atoms with Gasteiger partial charge in [-0.2, -0.15) is 0 Å². The Morgan fingerprint density at radius 3 is 2.54 bits per heavy atom. The predicted octanol–water partition coefficient (Wildman–Crippen LogP) is 6.82. The summed E-state index contributed by atoms with van der Waals surface area (Å²) in [4.78, 5) is 20.0. The molecule has 0 radical (unpaired) electrons. The minimum Gasteiger partial charge on any atom is -0.379 e. The van der Waals surface area contributed by atoms with E-state index in [-0.39, 0.29) is 23.6 Å². The highest BCUT2D eigenvalue weighted by atomic mass is 32.1. The van der Waals surface area contributed by atoms with Gasteiger partial charge in [-0.1, -0.05) is 42.5 Å². The molecule has 0 bridgehead atoms. The number of likely N-dealkylation sites (tertiary alicyclic amines) is 1. The van der Waals surface area contributed by atoms with Crippen molar-refractivity contribution >= 4 is 33.1 Å². The number of thiophene rings is 1. The molecule has 5 rings (SSSR count). The van der Waals surface area contributed by atoms with Gasteiger partial charge in [0.2, 0.25) is 0 Å². The standard InChI is InChI=1S/C28H27F2N3OS/c1-17-8-9-21(24(30)23(17)29)14-31-26-22(15-32-25-18(2)16-35-27(25)26)28(34)33-12-10-20(11-13-33)19-6-4-3-5-7-19/h3-9,15-16,20H,10-14H2,1-2H3,(H,31,32). The maximum Gasteiger partial charge on any atom is 0.257 e. The second-order valence-corrected chi connectivity index (χ2v) is 10.0. The summed E-state index contributed by atoms with van der Waals surface area (Å²) in [5.74, 6) is -1.34. The molecule has 1 amide bonds. The molecule has 3 heterocycles. The van der Waals surface area contributed by atoms with Crippen LogP contribution in [0.5, 0.6) is 0 Å². The van der Waals surface area contributed by atoms with Crippen molar-refractivity contribution < 1.29 is 13.6 Å². The average Bonchev–Trinajstić information content (AvgIpc) is 3.28. The summed E-state index contributed by atoms with van der Waals surface area (Å²) in [7, 11) is 0. The molecule has 0 aliphatic carbocycles. The van der Waals surface area contributed by atoms with Crippen LogP contribution in [0.2, 0.25) is 0 Å². The summed E-state index contributed by atoms with van der Waals surface area (Å²) in [5.41, 5.74) is 4.71. The SMILES string of the molecule is Cc1ccc(CNc2c(C(=O)N3CCC(c4ccccc4)CC3)cnc3c(C)csc23)c(F)c1F. The van der Waals surface area contributed by atoms with Gasteiger partial charge >= 0.3 is 0 Å². The monoisotopic (exact) mass is 491 g/mol. The number of amides is 1. The summed E-state index contributed by atoms with van der Waals surface area (Å²) in [6.45, 7) is 4.90. The Bertz CT molecular complexity index is 1380. The van der Waals surface area contributed by atoms with Crippen LogP contribution in [0.15, 0.2) is 54.0 Å². The lowest BCUT2D eigenvalue weighted by Crippen LogP contribution is -2.38. The topological polar surface area (TPSA) is 45.2 Å². The number of carbonyl (C=O) groups is 1. The Morgan fingerprint density at radius 1 is 1.06 bits per heavy atom. The molecule has 1 aliphatic heterocycles. The van der Waals surface area contributed by atoms with Crippen molar-refractivity contribution in [2.45, 2.75) is 39.2 Å². The van der Waals surface area contributed by atoms with E-state index in [1.54, 1.807) is 18.3 Å². The number of piperidine rings is 1. The van der Waals surface area contributed by atoms with Gasteiger partial charge in [-0.3, -0.25) is 9.78 Å². The minimum absolute atomic E-state index is 0.0649. The van der Waals surface area contributed by atoms with Crippen molar-refractivity contribution in [2.24, 2.45) is 0 Å². The Kier molecular flexibility index (Phi) is 6.52.